The van der Waals surface area contributed by atoms with Crippen molar-refractivity contribution in [3.05, 3.63) is 29.6 Å². The molecule has 1 aromatic rings. The van der Waals surface area contributed by atoms with Crippen LogP contribution >= 0.6 is 12.2 Å². The number of nitrogens with two attached hydrogens (primary N) is 1. The van der Waals surface area contributed by atoms with Crippen LogP contribution in [-0.2, 0) is 0 Å². The van der Waals surface area contributed by atoms with Crippen molar-refractivity contribution in [2.45, 2.75) is 19.3 Å². The van der Waals surface area contributed by atoms with E-state index in [-0.39, 0.29) is 10.6 Å². The second-order valence-electron chi connectivity index (χ2n) is 4.09. The molecule has 0 heterocycles. The van der Waals surface area contributed by atoms with Crippen LogP contribution in [0.25, 0.3) is 0 Å². The Morgan fingerprint density at radius 1 is 1.50 bits per heavy atom. The van der Waals surface area contributed by atoms with Crippen molar-refractivity contribution in [1.82, 2.24) is 0 Å². The van der Waals surface area contributed by atoms with Gasteiger partial charge in [0.15, 0.2) is 0 Å². The summed E-state index contributed by atoms with van der Waals surface area (Å²) in [7, 11) is 0. The van der Waals surface area contributed by atoms with Gasteiger partial charge in [0.05, 0.1) is 12.2 Å². The molecule has 0 radical (unpaired) electrons. The van der Waals surface area contributed by atoms with Gasteiger partial charge in [-0.15, -0.1) is 0 Å². The lowest BCUT2D eigenvalue weighted by molar-refractivity contribution is 0.180. The number of benzene rings is 1. The number of rotatable bonds is 4. The highest BCUT2D eigenvalue weighted by molar-refractivity contribution is 7.80. The maximum atomic E-state index is 13.5. The van der Waals surface area contributed by atoms with Gasteiger partial charge in [-0.25, -0.2) is 4.39 Å². The van der Waals surface area contributed by atoms with Crippen molar-refractivity contribution in [3.63, 3.8) is 0 Å². The van der Waals surface area contributed by atoms with E-state index in [0.29, 0.717) is 18.3 Å². The Kier molecular flexibility index (Phi) is 3.39. The summed E-state index contributed by atoms with van der Waals surface area (Å²) in [4.78, 5) is 0.0432. The Bertz CT molecular complexity index is 404. The molecular formula is C12H14FNOS. The van der Waals surface area contributed by atoms with Gasteiger partial charge in [0, 0.05) is 0 Å². The maximum Gasteiger partial charge on any atom is 0.137 e. The molecule has 16 heavy (non-hydrogen) atoms. The van der Waals surface area contributed by atoms with Crippen LogP contribution in [0.5, 0.6) is 5.75 Å². The van der Waals surface area contributed by atoms with E-state index in [9.17, 15) is 4.39 Å². The van der Waals surface area contributed by atoms with E-state index in [0.717, 1.165) is 0 Å². The normalized spacial score (nSPS) is 15.6. The smallest absolute Gasteiger partial charge is 0.137 e. The topological polar surface area (TPSA) is 35.2 Å². The van der Waals surface area contributed by atoms with Crippen LogP contribution in [0.2, 0.25) is 0 Å². The summed E-state index contributed by atoms with van der Waals surface area (Å²) in [5.74, 6) is 0.639. The number of ether oxygens (including phenoxy) is 1. The van der Waals surface area contributed by atoms with E-state index in [2.05, 4.69) is 0 Å². The lowest BCUT2D eigenvalue weighted by Gasteiger charge is -2.25. The van der Waals surface area contributed by atoms with E-state index >= 15 is 0 Å². The Balaban J connectivity index is 2.12. The average molecular weight is 239 g/mol. The maximum absolute atomic E-state index is 13.5. The standard InChI is InChI=1S/C12H14FNOS/c13-9-5-2-6-10(11(9)12(14)16)15-7-8-3-1-4-8/h2,5-6,8H,1,3-4,7H2,(H2,14,16). The van der Waals surface area contributed by atoms with Crippen LogP contribution in [0.4, 0.5) is 4.39 Å². The Morgan fingerprint density at radius 3 is 2.81 bits per heavy atom. The zero-order valence-corrected chi connectivity index (χ0v) is 9.73. The Labute approximate surface area is 99.6 Å². The Hall–Kier alpha value is -1.16. The first-order chi connectivity index (χ1) is 7.68. The molecule has 86 valence electrons. The zero-order chi connectivity index (χ0) is 11.5. The summed E-state index contributed by atoms with van der Waals surface area (Å²) in [5, 5.41) is 0. The van der Waals surface area contributed by atoms with Gasteiger partial charge in [-0.3, -0.25) is 0 Å². The van der Waals surface area contributed by atoms with Crippen molar-refractivity contribution in [3.8, 4) is 5.75 Å². The molecule has 1 aliphatic rings. The molecule has 0 aliphatic heterocycles. The Morgan fingerprint density at radius 2 is 2.25 bits per heavy atom. The molecule has 0 bridgehead atoms. The van der Waals surface area contributed by atoms with Crippen molar-refractivity contribution in [2.75, 3.05) is 6.61 Å². The molecule has 2 rings (SSSR count). The molecule has 0 unspecified atom stereocenters. The summed E-state index contributed by atoms with van der Waals surface area (Å²) in [6.07, 6.45) is 3.65. The van der Waals surface area contributed by atoms with Crippen LogP contribution in [0.1, 0.15) is 24.8 Å². The zero-order valence-electron chi connectivity index (χ0n) is 8.91. The summed E-state index contributed by atoms with van der Waals surface area (Å²) in [6.45, 7) is 0.624. The molecule has 4 heteroatoms. The van der Waals surface area contributed by atoms with Crippen molar-refractivity contribution < 1.29 is 9.13 Å². The molecular weight excluding hydrogens is 225 g/mol. The molecule has 1 saturated carbocycles. The minimum absolute atomic E-state index is 0.0432. The molecule has 0 atom stereocenters. The highest BCUT2D eigenvalue weighted by Gasteiger charge is 2.19. The monoisotopic (exact) mass is 239 g/mol. The van der Waals surface area contributed by atoms with Crippen LogP contribution in [0.3, 0.4) is 0 Å². The number of hydrogen-bond donors (Lipinski definition) is 1. The van der Waals surface area contributed by atoms with Crippen LogP contribution in [0, 0.1) is 11.7 Å². The first-order valence-electron chi connectivity index (χ1n) is 5.39. The molecule has 0 spiro atoms. The molecule has 1 aliphatic carbocycles. The van der Waals surface area contributed by atoms with Gasteiger partial charge >= 0.3 is 0 Å². The molecule has 0 amide bonds. The summed E-state index contributed by atoms with van der Waals surface area (Å²) in [6, 6.07) is 4.65. The molecule has 0 aromatic heterocycles. The van der Waals surface area contributed by atoms with Gasteiger partial charge in [0.1, 0.15) is 16.6 Å². The number of hydrogen-bond acceptors (Lipinski definition) is 2. The van der Waals surface area contributed by atoms with E-state index < -0.39 is 5.82 Å². The first kappa shape index (κ1) is 11.3. The third-order valence-electron chi connectivity index (χ3n) is 2.92. The summed E-state index contributed by atoms with van der Waals surface area (Å²) >= 11 is 4.82. The molecule has 2 nitrogen and oxygen atoms in total. The highest BCUT2D eigenvalue weighted by Crippen LogP contribution is 2.28. The molecule has 1 aromatic carbocycles. The average Bonchev–Trinajstić information content (AvgIpc) is 2.14. The third kappa shape index (κ3) is 2.32. The van der Waals surface area contributed by atoms with Crippen molar-refractivity contribution in [1.29, 1.82) is 0 Å². The fraction of sp³-hybridized carbons (Fsp3) is 0.417. The number of thiocarbonyl (C=S) groups is 1. The highest BCUT2D eigenvalue weighted by atomic mass is 32.1. The van der Waals surface area contributed by atoms with Crippen molar-refractivity contribution >= 4 is 17.2 Å². The second kappa shape index (κ2) is 4.78. The van der Waals surface area contributed by atoms with Crippen LogP contribution in [0.15, 0.2) is 18.2 Å². The predicted octanol–water partition coefficient (Wildman–Crippen LogP) is 2.64. The van der Waals surface area contributed by atoms with E-state index in [4.69, 9.17) is 22.7 Å². The second-order valence-corrected chi connectivity index (χ2v) is 4.52. The molecule has 0 saturated heterocycles. The summed E-state index contributed by atoms with van der Waals surface area (Å²) < 4.78 is 19.0. The van der Waals surface area contributed by atoms with Gasteiger partial charge in [-0.1, -0.05) is 24.7 Å². The van der Waals surface area contributed by atoms with E-state index in [1.165, 1.54) is 25.3 Å². The van der Waals surface area contributed by atoms with Crippen molar-refractivity contribution in [2.24, 2.45) is 11.7 Å². The summed E-state index contributed by atoms with van der Waals surface area (Å²) in [5.41, 5.74) is 5.70. The minimum Gasteiger partial charge on any atom is -0.492 e. The lowest BCUT2D eigenvalue weighted by Crippen LogP contribution is -2.21. The largest absolute Gasteiger partial charge is 0.492 e. The number of halogens is 1. The lowest BCUT2D eigenvalue weighted by atomic mass is 9.86. The third-order valence-corrected chi connectivity index (χ3v) is 3.13. The van der Waals surface area contributed by atoms with Gasteiger partial charge < -0.3 is 10.5 Å². The van der Waals surface area contributed by atoms with Gasteiger partial charge in [-0.05, 0) is 30.9 Å². The minimum atomic E-state index is -0.418. The molecule has 1 fully saturated rings. The van der Waals surface area contributed by atoms with Crippen LogP contribution in [-0.4, -0.2) is 11.6 Å². The SMILES string of the molecule is NC(=S)c1c(F)cccc1OCC1CCC1. The quantitative estimate of drug-likeness (QED) is 0.820. The fourth-order valence-electron chi connectivity index (χ4n) is 1.73. The van der Waals surface area contributed by atoms with E-state index in [1.54, 1.807) is 12.1 Å². The van der Waals surface area contributed by atoms with Gasteiger partial charge in [0.25, 0.3) is 0 Å². The fourth-order valence-corrected chi connectivity index (χ4v) is 1.93. The molecule has 2 N–H and O–H groups in total. The van der Waals surface area contributed by atoms with Crippen LogP contribution < -0.4 is 10.5 Å². The first-order valence-corrected chi connectivity index (χ1v) is 5.80. The van der Waals surface area contributed by atoms with Gasteiger partial charge in [0.2, 0.25) is 0 Å². The van der Waals surface area contributed by atoms with E-state index in [1.807, 2.05) is 0 Å². The predicted molar refractivity (Wildman–Crippen MR) is 65.1 cm³/mol. The van der Waals surface area contributed by atoms with Gasteiger partial charge in [-0.2, -0.15) is 0 Å².